The van der Waals surface area contributed by atoms with E-state index < -0.39 is 0 Å². The van der Waals surface area contributed by atoms with E-state index in [0.717, 1.165) is 43.5 Å². The molecule has 7 heteroatoms. The molecule has 2 aliphatic rings. The van der Waals surface area contributed by atoms with E-state index in [9.17, 15) is 0 Å². The monoisotopic (exact) mass is 377 g/mol. The molecule has 0 spiro atoms. The second kappa shape index (κ2) is 6.44. The predicted molar refractivity (Wildman–Crippen MR) is 111 cm³/mol. The van der Waals surface area contributed by atoms with E-state index in [2.05, 4.69) is 38.6 Å². The number of piperidine rings is 1. The van der Waals surface area contributed by atoms with Gasteiger partial charge in [0.05, 0.1) is 30.3 Å². The quantitative estimate of drug-likeness (QED) is 0.725. The van der Waals surface area contributed by atoms with Gasteiger partial charge >= 0.3 is 0 Å². The Balaban J connectivity index is 1.54. The highest BCUT2D eigenvalue weighted by atomic mass is 15.2. The van der Waals surface area contributed by atoms with Gasteiger partial charge in [0.15, 0.2) is 5.82 Å². The van der Waals surface area contributed by atoms with Crippen molar-refractivity contribution < 1.29 is 0 Å². The zero-order valence-electron chi connectivity index (χ0n) is 16.3. The molecule has 7 nitrogen and oxygen atoms in total. The van der Waals surface area contributed by atoms with Gasteiger partial charge in [-0.1, -0.05) is 0 Å². The van der Waals surface area contributed by atoms with E-state index in [1.807, 2.05) is 12.4 Å². The molecule has 0 aromatic carbocycles. The molecule has 28 heavy (non-hydrogen) atoms. The SMILES string of the molecule is C[C@@]1(N)CCCN(c2cnc(C3CC3)cc2Cn2cnc3c(N)nccc32)C1. The Morgan fingerprint density at radius 2 is 2.11 bits per heavy atom. The van der Waals surface area contributed by atoms with Gasteiger partial charge in [-0.15, -0.1) is 0 Å². The number of aromatic nitrogens is 4. The number of nitrogen functional groups attached to an aromatic ring is 1. The molecule has 1 atom stereocenters. The number of rotatable bonds is 4. The number of fused-ring (bicyclic) bond motifs is 1. The lowest BCUT2D eigenvalue weighted by Crippen LogP contribution is -2.52. The van der Waals surface area contributed by atoms with Gasteiger partial charge in [-0.05, 0) is 50.3 Å². The zero-order chi connectivity index (χ0) is 19.3. The van der Waals surface area contributed by atoms with Crippen molar-refractivity contribution in [2.75, 3.05) is 23.7 Å². The Morgan fingerprint density at radius 1 is 1.25 bits per heavy atom. The number of imidazole rings is 1. The molecule has 2 fully saturated rings. The van der Waals surface area contributed by atoms with Crippen LogP contribution in [0.25, 0.3) is 11.0 Å². The Kier molecular flexibility index (Phi) is 4.01. The lowest BCUT2D eigenvalue weighted by Gasteiger charge is -2.40. The molecular weight excluding hydrogens is 350 g/mol. The lowest BCUT2D eigenvalue weighted by molar-refractivity contribution is 0.374. The second-order valence-corrected chi connectivity index (χ2v) is 8.63. The first-order valence-corrected chi connectivity index (χ1v) is 10.1. The summed E-state index contributed by atoms with van der Waals surface area (Å²) in [5.74, 6) is 1.09. The third-order valence-electron chi connectivity index (χ3n) is 5.96. The molecule has 0 bridgehead atoms. The van der Waals surface area contributed by atoms with Crippen LogP contribution >= 0.6 is 0 Å². The molecule has 0 radical (unpaired) electrons. The van der Waals surface area contributed by atoms with Crippen molar-refractivity contribution in [2.24, 2.45) is 5.73 Å². The van der Waals surface area contributed by atoms with Gasteiger partial charge in [0.1, 0.15) is 5.52 Å². The molecule has 0 unspecified atom stereocenters. The van der Waals surface area contributed by atoms with Gasteiger partial charge in [-0.3, -0.25) is 4.98 Å². The topological polar surface area (TPSA) is 98.9 Å². The fraction of sp³-hybridized carbons (Fsp3) is 0.476. The summed E-state index contributed by atoms with van der Waals surface area (Å²) in [6, 6.07) is 4.26. The second-order valence-electron chi connectivity index (χ2n) is 8.63. The van der Waals surface area contributed by atoms with E-state index in [4.69, 9.17) is 16.5 Å². The van der Waals surface area contributed by atoms with Crippen molar-refractivity contribution in [1.82, 2.24) is 19.5 Å². The van der Waals surface area contributed by atoms with Crippen LogP contribution in [0.1, 0.15) is 49.8 Å². The summed E-state index contributed by atoms with van der Waals surface area (Å²) in [6.07, 6.45) is 10.3. The van der Waals surface area contributed by atoms with E-state index in [1.165, 1.54) is 29.8 Å². The highest BCUT2D eigenvalue weighted by Gasteiger charge is 2.30. The standard InChI is InChI=1S/C21H27N7/c1-21(23)6-2-8-27(12-21)18-10-25-16(14-3-4-14)9-15(18)11-28-13-26-19-17(28)5-7-24-20(19)22/h5,7,9-10,13-14H,2-4,6,8,11-12,23H2,1H3,(H2,22,24)/t21-/m1/s1. The third-order valence-corrected chi connectivity index (χ3v) is 5.96. The number of anilines is 2. The van der Waals surface area contributed by atoms with Gasteiger partial charge in [-0.2, -0.15) is 0 Å². The normalized spacial score (nSPS) is 22.7. The van der Waals surface area contributed by atoms with Crippen LogP contribution in [-0.2, 0) is 6.54 Å². The number of hydrogen-bond acceptors (Lipinski definition) is 6. The Labute approximate surface area is 164 Å². The Morgan fingerprint density at radius 3 is 2.89 bits per heavy atom. The number of pyridine rings is 2. The minimum Gasteiger partial charge on any atom is -0.382 e. The van der Waals surface area contributed by atoms with Gasteiger partial charge in [-0.25, -0.2) is 9.97 Å². The van der Waals surface area contributed by atoms with Crippen molar-refractivity contribution >= 4 is 22.5 Å². The molecular formula is C21H27N7. The first kappa shape index (κ1) is 17.4. The summed E-state index contributed by atoms with van der Waals surface area (Å²) in [7, 11) is 0. The smallest absolute Gasteiger partial charge is 0.151 e. The summed E-state index contributed by atoms with van der Waals surface area (Å²) in [5, 5.41) is 0. The van der Waals surface area contributed by atoms with Gasteiger partial charge in [0.25, 0.3) is 0 Å². The van der Waals surface area contributed by atoms with Crippen LogP contribution in [0.3, 0.4) is 0 Å². The largest absolute Gasteiger partial charge is 0.382 e. The highest BCUT2D eigenvalue weighted by Crippen LogP contribution is 2.40. The van der Waals surface area contributed by atoms with Gasteiger partial charge < -0.3 is 20.9 Å². The van der Waals surface area contributed by atoms with Crippen LogP contribution in [0, 0.1) is 0 Å². The minimum atomic E-state index is -0.160. The number of nitrogens with two attached hydrogens (primary N) is 2. The molecule has 1 saturated heterocycles. The van der Waals surface area contributed by atoms with Crippen LogP contribution in [0.4, 0.5) is 11.5 Å². The molecule has 1 saturated carbocycles. The fourth-order valence-corrected chi connectivity index (χ4v) is 4.32. The molecule has 0 amide bonds. The number of nitrogens with zero attached hydrogens (tertiary/aromatic N) is 5. The first-order chi connectivity index (χ1) is 13.5. The van der Waals surface area contributed by atoms with Crippen LogP contribution in [0.2, 0.25) is 0 Å². The highest BCUT2D eigenvalue weighted by molar-refractivity contribution is 5.84. The fourth-order valence-electron chi connectivity index (χ4n) is 4.32. The maximum absolute atomic E-state index is 6.47. The van der Waals surface area contributed by atoms with Crippen LogP contribution in [0.15, 0.2) is 30.9 Å². The average molecular weight is 377 g/mol. The molecule has 3 aromatic heterocycles. The molecule has 146 valence electrons. The van der Waals surface area contributed by atoms with Crippen molar-refractivity contribution in [2.45, 2.75) is 50.6 Å². The predicted octanol–water partition coefficient (Wildman–Crippen LogP) is 2.65. The van der Waals surface area contributed by atoms with Crippen LogP contribution in [-0.4, -0.2) is 38.1 Å². The Hall–Kier alpha value is -2.67. The molecule has 4 N–H and O–H groups in total. The molecule has 4 heterocycles. The molecule has 1 aliphatic heterocycles. The van der Waals surface area contributed by atoms with Gasteiger partial charge in [0.2, 0.25) is 0 Å². The molecule has 1 aliphatic carbocycles. The van der Waals surface area contributed by atoms with E-state index in [0.29, 0.717) is 11.7 Å². The third kappa shape index (κ3) is 3.20. The van der Waals surface area contributed by atoms with E-state index in [1.54, 1.807) is 6.20 Å². The average Bonchev–Trinajstić information content (AvgIpc) is 3.43. The van der Waals surface area contributed by atoms with Crippen molar-refractivity contribution in [3.8, 4) is 0 Å². The zero-order valence-corrected chi connectivity index (χ0v) is 16.3. The molecule has 5 rings (SSSR count). The van der Waals surface area contributed by atoms with Gasteiger partial charge in [0, 0.05) is 36.4 Å². The summed E-state index contributed by atoms with van der Waals surface area (Å²) in [4.78, 5) is 15.8. The van der Waals surface area contributed by atoms with Crippen LogP contribution < -0.4 is 16.4 Å². The number of hydrogen-bond donors (Lipinski definition) is 2. The van der Waals surface area contributed by atoms with Crippen molar-refractivity contribution in [3.05, 3.63) is 42.1 Å². The summed E-state index contributed by atoms with van der Waals surface area (Å²) < 4.78 is 2.15. The van der Waals surface area contributed by atoms with Crippen molar-refractivity contribution in [1.29, 1.82) is 0 Å². The Bertz CT molecular complexity index is 1020. The van der Waals surface area contributed by atoms with Crippen LogP contribution in [0.5, 0.6) is 0 Å². The summed E-state index contributed by atoms with van der Waals surface area (Å²) >= 11 is 0. The lowest BCUT2D eigenvalue weighted by atomic mass is 9.92. The maximum Gasteiger partial charge on any atom is 0.151 e. The van der Waals surface area contributed by atoms with Crippen molar-refractivity contribution in [3.63, 3.8) is 0 Å². The van der Waals surface area contributed by atoms with E-state index in [-0.39, 0.29) is 5.54 Å². The first-order valence-electron chi connectivity index (χ1n) is 10.1. The minimum absolute atomic E-state index is 0.160. The summed E-state index contributed by atoms with van der Waals surface area (Å²) in [5.41, 5.74) is 17.7. The maximum atomic E-state index is 6.47. The molecule has 3 aromatic rings. The summed E-state index contributed by atoms with van der Waals surface area (Å²) in [6.45, 7) is 4.75. The van der Waals surface area contributed by atoms with E-state index >= 15 is 0 Å².